The summed E-state index contributed by atoms with van der Waals surface area (Å²) < 4.78 is 0. The molecule has 0 spiro atoms. The first-order chi connectivity index (χ1) is 7.65. The highest BCUT2D eigenvalue weighted by atomic mass is 35.5. The van der Waals surface area contributed by atoms with Crippen molar-refractivity contribution in [3.63, 3.8) is 0 Å². The smallest absolute Gasteiger partial charge is 0.423 e. The molecule has 0 fully saturated rings. The molecule has 2 rings (SSSR count). The molecule has 16 heavy (non-hydrogen) atoms. The third-order valence-electron chi connectivity index (χ3n) is 2.46. The van der Waals surface area contributed by atoms with Gasteiger partial charge in [0.05, 0.1) is 0 Å². The van der Waals surface area contributed by atoms with E-state index in [1.165, 1.54) is 11.8 Å². The molecule has 0 radical (unpaired) electrons. The van der Waals surface area contributed by atoms with Crippen LogP contribution in [0.3, 0.4) is 0 Å². The normalized spacial score (nSPS) is 10.8. The molecule has 0 aliphatic rings. The largest absolute Gasteiger partial charge is 0.489 e. The molecule has 2 nitrogen and oxygen atoms in total. The fourth-order valence-electron chi connectivity index (χ4n) is 1.74. The molecule has 0 aliphatic heterocycles. The average molecular weight is 253 g/mol. The lowest BCUT2D eigenvalue weighted by atomic mass is 9.79. The van der Waals surface area contributed by atoms with Crippen LogP contribution in [0, 0.1) is 0 Å². The molecular formula is C11H10BClO2S. The summed E-state index contributed by atoms with van der Waals surface area (Å²) >= 11 is 7.60. The van der Waals surface area contributed by atoms with Gasteiger partial charge >= 0.3 is 7.12 Å². The van der Waals surface area contributed by atoms with Crippen molar-refractivity contribution >= 4 is 46.7 Å². The van der Waals surface area contributed by atoms with Crippen molar-refractivity contribution in [2.45, 2.75) is 4.90 Å². The van der Waals surface area contributed by atoms with E-state index in [9.17, 15) is 10.0 Å². The summed E-state index contributed by atoms with van der Waals surface area (Å²) in [5.74, 6) is 0. The minimum atomic E-state index is -1.47. The zero-order chi connectivity index (χ0) is 11.7. The summed E-state index contributed by atoms with van der Waals surface area (Å²) in [5.41, 5.74) is 0.494. The maximum Gasteiger partial charge on any atom is 0.489 e. The van der Waals surface area contributed by atoms with Crippen molar-refractivity contribution in [3.05, 3.63) is 35.4 Å². The van der Waals surface area contributed by atoms with Crippen LogP contribution in [0.4, 0.5) is 0 Å². The van der Waals surface area contributed by atoms with Gasteiger partial charge in [-0.05, 0) is 23.2 Å². The monoisotopic (exact) mass is 252 g/mol. The van der Waals surface area contributed by atoms with Crippen LogP contribution in [0.25, 0.3) is 10.8 Å². The maximum absolute atomic E-state index is 9.29. The van der Waals surface area contributed by atoms with Crippen LogP contribution >= 0.6 is 23.4 Å². The van der Waals surface area contributed by atoms with Crippen molar-refractivity contribution < 1.29 is 10.0 Å². The summed E-state index contributed by atoms with van der Waals surface area (Å²) in [6, 6.07) is 9.19. The van der Waals surface area contributed by atoms with Crippen LogP contribution in [-0.4, -0.2) is 23.4 Å². The molecule has 2 N–H and O–H groups in total. The van der Waals surface area contributed by atoms with Crippen molar-refractivity contribution in [2.75, 3.05) is 6.26 Å². The van der Waals surface area contributed by atoms with Gasteiger partial charge in [-0.15, -0.1) is 11.8 Å². The van der Waals surface area contributed by atoms with E-state index in [1.54, 1.807) is 12.1 Å². The molecule has 0 atom stereocenters. The lowest BCUT2D eigenvalue weighted by Crippen LogP contribution is -2.31. The summed E-state index contributed by atoms with van der Waals surface area (Å²) in [4.78, 5) is 0.818. The predicted octanol–water partition coefficient (Wildman–Crippen LogP) is 1.89. The van der Waals surface area contributed by atoms with Gasteiger partial charge in [0.2, 0.25) is 0 Å². The Morgan fingerprint density at radius 3 is 2.56 bits per heavy atom. The quantitative estimate of drug-likeness (QED) is 0.633. The van der Waals surface area contributed by atoms with Crippen molar-refractivity contribution in [1.29, 1.82) is 0 Å². The molecule has 5 heteroatoms. The highest BCUT2D eigenvalue weighted by Crippen LogP contribution is 2.30. The predicted molar refractivity (Wildman–Crippen MR) is 70.6 cm³/mol. The molecular weight excluding hydrogens is 242 g/mol. The summed E-state index contributed by atoms with van der Waals surface area (Å²) in [6.45, 7) is 0. The molecule has 0 heterocycles. The Balaban J connectivity index is 2.84. The van der Waals surface area contributed by atoms with Gasteiger partial charge in [-0.1, -0.05) is 35.9 Å². The molecule has 0 bridgehead atoms. The molecule has 82 valence electrons. The van der Waals surface area contributed by atoms with Gasteiger partial charge < -0.3 is 10.0 Å². The fourth-order valence-corrected chi connectivity index (χ4v) is 2.92. The SMILES string of the molecule is CSc1c(B(O)O)ccc2cccc(Cl)c12. The highest BCUT2D eigenvalue weighted by Gasteiger charge is 2.18. The Kier molecular flexibility index (Phi) is 3.45. The minimum absolute atomic E-state index is 0.494. The molecule has 0 aliphatic carbocycles. The lowest BCUT2D eigenvalue weighted by molar-refractivity contribution is 0.425. The first-order valence-electron chi connectivity index (χ1n) is 4.76. The summed E-state index contributed by atoms with van der Waals surface area (Å²) in [5, 5.41) is 21.1. The molecule has 0 unspecified atom stereocenters. The van der Waals surface area contributed by atoms with Gasteiger partial charge in [-0.2, -0.15) is 0 Å². The first kappa shape index (κ1) is 11.8. The van der Waals surface area contributed by atoms with Crippen LogP contribution in [0.15, 0.2) is 35.2 Å². The Bertz CT molecular complexity index is 531. The number of hydrogen-bond donors (Lipinski definition) is 2. The van der Waals surface area contributed by atoms with Crippen LogP contribution in [-0.2, 0) is 0 Å². The average Bonchev–Trinajstić information content (AvgIpc) is 2.27. The number of thioether (sulfide) groups is 1. The van der Waals surface area contributed by atoms with Crippen LogP contribution in [0.1, 0.15) is 0 Å². The van der Waals surface area contributed by atoms with Gasteiger partial charge in [0.25, 0.3) is 0 Å². The second kappa shape index (κ2) is 4.68. The van der Waals surface area contributed by atoms with Crippen LogP contribution < -0.4 is 5.46 Å². The first-order valence-corrected chi connectivity index (χ1v) is 6.36. The topological polar surface area (TPSA) is 40.5 Å². The second-order valence-electron chi connectivity index (χ2n) is 3.40. The summed E-state index contributed by atoms with van der Waals surface area (Å²) in [6.07, 6.45) is 1.89. The Morgan fingerprint density at radius 1 is 1.19 bits per heavy atom. The van der Waals surface area contributed by atoms with Gasteiger partial charge in [-0.25, -0.2) is 0 Å². The molecule has 2 aromatic carbocycles. The van der Waals surface area contributed by atoms with Crippen LogP contribution in [0.2, 0.25) is 5.02 Å². The zero-order valence-electron chi connectivity index (χ0n) is 8.64. The molecule has 0 amide bonds. The number of rotatable bonds is 2. The van der Waals surface area contributed by atoms with Crippen LogP contribution in [0.5, 0.6) is 0 Å². The van der Waals surface area contributed by atoms with E-state index in [0.717, 1.165) is 15.7 Å². The second-order valence-corrected chi connectivity index (χ2v) is 4.62. The Labute approximate surface area is 103 Å². The molecule has 0 saturated carbocycles. The van der Waals surface area contributed by atoms with Gasteiger partial charge in [0, 0.05) is 15.3 Å². The summed E-state index contributed by atoms with van der Waals surface area (Å²) in [7, 11) is -1.47. The zero-order valence-corrected chi connectivity index (χ0v) is 10.2. The third-order valence-corrected chi connectivity index (χ3v) is 3.62. The Morgan fingerprint density at radius 2 is 1.94 bits per heavy atom. The molecule has 2 aromatic rings. The number of benzene rings is 2. The van der Waals surface area contributed by atoms with E-state index < -0.39 is 7.12 Å². The molecule has 0 aromatic heterocycles. The number of hydrogen-bond acceptors (Lipinski definition) is 3. The van der Waals surface area contributed by atoms with Crippen molar-refractivity contribution in [2.24, 2.45) is 0 Å². The fraction of sp³-hybridized carbons (Fsp3) is 0.0909. The van der Waals surface area contributed by atoms with E-state index in [0.29, 0.717) is 10.5 Å². The number of halogens is 1. The van der Waals surface area contributed by atoms with Crippen molar-refractivity contribution in [3.8, 4) is 0 Å². The van der Waals surface area contributed by atoms with E-state index in [-0.39, 0.29) is 0 Å². The number of fused-ring (bicyclic) bond motifs is 1. The maximum atomic E-state index is 9.29. The molecule has 0 saturated heterocycles. The van der Waals surface area contributed by atoms with E-state index in [1.807, 2.05) is 24.5 Å². The highest BCUT2D eigenvalue weighted by molar-refractivity contribution is 7.99. The lowest BCUT2D eigenvalue weighted by Gasteiger charge is -2.11. The van der Waals surface area contributed by atoms with Gasteiger partial charge in [0.1, 0.15) is 0 Å². The van der Waals surface area contributed by atoms with E-state index in [2.05, 4.69) is 0 Å². The van der Waals surface area contributed by atoms with Crippen molar-refractivity contribution in [1.82, 2.24) is 0 Å². The third kappa shape index (κ3) is 1.94. The van der Waals surface area contributed by atoms with Gasteiger partial charge in [-0.3, -0.25) is 0 Å². The van der Waals surface area contributed by atoms with Gasteiger partial charge in [0.15, 0.2) is 0 Å². The van der Waals surface area contributed by atoms with E-state index in [4.69, 9.17) is 11.6 Å². The Hall–Kier alpha value is -0.675. The standard InChI is InChI=1S/C11H10BClO2S/c1-16-11-8(12(14)15)6-5-7-3-2-4-9(13)10(7)11/h2-6,14-15H,1H3. The van der Waals surface area contributed by atoms with E-state index >= 15 is 0 Å². The minimum Gasteiger partial charge on any atom is -0.423 e.